The highest BCUT2D eigenvalue weighted by Crippen LogP contribution is 2.51. The highest BCUT2D eigenvalue weighted by molar-refractivity contribution is 6.25. The predicted octanol–water partition coefficient (Wildman–Crippen LogP) is 13.5. The van der Waals surface area contributed by atoms with Gasteiger partial charge in [-0.2, -0.15) is 0 Å². The highest BCUT2D eigenvalue weighted by atomic mass is 19.1. The van der Waals surface area contributed by atoms with Crippen LogP contribution in [-0.2, 0) is 5.41 Å². The first-order valence-corrected chi connectivity index (χ1v) is 17.7. The summed E-state index contributed by atoms with van der Waals surface area (Å²) in [6.45, 7) is 4.41. The topological polar surface area (TPSA) is 8.17 Å². The lowest BCUT2D eigenvalue weighted by molar-refractivity contribution is 0.628. The van der Waals surface area contributed by atoms with E-state index < -0.39 is 5.41 Å². The Hall–Kier alpha value is -6.45. The lowest BCUT2D eigenvalue weighted by atomic mass is 9.81. The third kappa shape index (κ3) is 4.56. The summed E-state index contributed by atoms with van der Waals surface area (Å²) in [6, 6.07) is 54.8. The van der Waals surface area contributed by atoms with E-state index in [4.69, 9.17) is 0 Å². The molecule has 0 saturated heterocycles. The van der Waals surface area contributed by atoms with Gasteiger partial charge in [-0.05, 0) is 105 Å². The summed E-state index contributed by atoms with van der Waals surface area (Å²) in [5.41, 5.74) is 11.1. The minimum absolute atomic E-state index is 0.182. The first kappa shape index (κ1) is 28.3. The van der Waals surface area contributed by atoms with Gasteiger partial charge in [-0.3, -0.25) is 0 Å². The van der Waals surface area contributed by atoms with Crippen molar-refractivity contribution in [1.82, 2.24) is 4.57 Å². The van der Waals surface area contributed by atoms with Gasteiger partial charge in [0.2, 0.25) is 0 Å². The van der Waals surface area contributed by atoms with Crippen LogP contribution in [0.1, 0.15) is 38.8 Å². The molecule has 0 spiro atoms. The molecular formula is C49H35FN2. The first-order chi connectivity index (χ1) is 26.3. The van der Waals surface area contributed by atoms with Gasteiger partial charge in [-0.1, -0.05) is 129 Å². The van der Waals surface area contributed by atoms with Gasteiger partial charge in [0.05, 0.1) is 19.5 Å². The van der Waals surface area contributed by atoms with E-state index in [1.165, 1.54) is 11.5 Å². The molecule has 0 bridgehead atoms. The maximum Gasteiger partial charge on any atom is 0.147 e. The van der Waals surface area contributed by atoms with Crippen molar-refractivity contribution < 1.29 is 7.13 Å². The van der Waals surface area contributed by atoms with Gasteiger partial charge in [-0.25, -0.2) is 4.39 Å². The van der Waals surface area contributed by atoms with E-state index in [1.807, 2.05) is 65.6 Å². The maximum atomic E-state index is 15.3. The third-order valence-electron chi connectivity index (χ3n) is 10.8. The summed E-state index contributed by atoms with van der Waals surface area (Å²) in [7, 11) is 0. The molecule has 3 heteroatoms. The average molecular weight is 673 g/mol. The Morgan fingerprint density at radius 2 is 1.31 bits per heavy atom. The van der Waals surface area contributed by atoms with Gasteiger partial charge in [0.25, 0.3) is 0 Å². The van der Waals surface area contributed by atoms with Crippen molar-refractivity contribution in [2.45, 2.75) is 19.3 Å². The molecule has 10 rings (SSSR count). The van der Waals surface area contributed by atoms with E-state index in [0.717, 1.165) is 72.1 Å². The molecule has 0 atom stereocenters. The fourth-order valence-electron chi connectivity index (χ4n) is 8.37. The maximum absolute atomic E-state index is 15.3. The molecule has 2 nitrogen and oxygen atoms in total. The van der Waals surface area contributed by atoms with Crippen LogP contribution in [0.4, 0.5) is 21.5 Å². The molecule has 52 heavy (non-hydrogen) atoms. The van der Waals surface area contributed by atoms with E-state index in [1.54, 1.807) is 6.07 Å². The Labute approximate surface area is 305 Å². The van der Waals surface area contributed by atoms with Crippen LogP contribution in [0.5, 0.6) is 0 Å². The average Bonchev–Trinajstić information content (AvgIpc) is 3.67. The van der Waals surface area contributed by atoms with Crippen LogP contribution in [0.15, 0.2) is 164 Å². The number of hydrogen-bond acceptors (Lipinski definition) is 1. The van der Waals surface area contributed by atoms with Crippen LogP contribution < -0.4 is 4.90 Å². The summed E-state index contributed by atoms with van der Waals surface area (Å²) >= 11 is 0. The molecular weight excluding hydrogens is 636 g/mol. The Kier molecular flexibility index (Phi) is 6.28. The molecule has 0 aliphatic heterocycles. The van der Waals surface area contributed by atoms with Gasteiger partial charge in [0, 0.05) is 33.2 Å². The molecule has 0 saturated carbocycles. The monoisotopic (exact) mass is 672 g/mol. The molecule has 0 fully saturated rings. The van der Waals surface area contributed by atoms with E-state index in [2.05, 4.69) is 109 Å². The summed E-state index contributed by atoms with van der Waals surface area (Å²) in [5, 5.41) is 4.42. The van der Waals surface area contributed by atoms with Crippen molar-refractivity contribution >= 4 is 61.7 Å². The molecule has 248 valence electrons. The minimum Gasteiger partial charge on any atom is -0.309 e. The number of aromatic nitrogens is 1. The largest absolute Gasteiger partial charge is 0.309 e. The van der Waals surface area contributed by atoms with Crippen LogP contribution in [0, 0.1) is 5.82 Å². The standard InChI is InChI=1S/C49H35FN2/c1-49(2)41-30-32(20-22-33-24-29-46-48-38(33)27-23-34-12-11-19-45(47(34)48)52(46)36-15-7-4-8-16-36)21-26-39(41)40-28-25-37(31-42(40)49)51(35-13-5-3-6-14-35)44-18-10-9-17-43(44)50/h3-31H,1-2H3/b22-20+/i20D,22D. The minimum atomic E-state index is -0.403. The second-order valence-corrected chi connectivity index (χ2v) is 14.2. The molecule has 8 aromatic carbocycles. The predicted molar refractivity (Wildman–Crippen MR) is 217 cm³/mol. The Balaban J connectivity index is 1.07. The molecule has 0 radical (unpaired) electrons. The Morgan fingerprint density at radius 3 is 2.12 bits per heavy atom. The molecule has 1 aliphatic carbocycles. The third-order valence-corrected chi connectivity index (χ3v) is 10.8. The quantitative estimate of drug-likeness (QED) is 0.126. The van der Waals surface area contributed by atoms with Crippen LogP contribution >= 0.6 is 0 Å². The molecule has 9 aromatic rings. The van der Waals surface area contributed by atoms with Gasteiger partial charge in [-0.15, -0.1) is 0 Å². The number of benzene rings is 8. The lowest BCUT2D eigenvalue weighted by Gasteiger charge is -2.28. The van der Waals surface area contributed by atoms with Crippen LogP contribution in [-0.4, -0.2) is 4.57 Å². The second kappa shape index (κ2) is 11.5. The number of nitrogens with zero attached hydrogens (tertiary/aromatic N) is 2. The zero-order valence-corrected chi connectivity index (χ0v) is 28.9. The first-order valence-electron chi connectivity index (χ1n) is 18.7. The van der Waals surface area contributed by atoms with Crippen LogP contribution in [0.25, 0.3) is 61.5 Å². The second-order valence-electron chi connectivity index (χ2n) is 14.2. The van der Waals surface area contributed by atoms with E-state index in [-0.39, 0.29) is 17.9 Å². The van der Waals surface area contributed by atoms with Crippen molar-refractivity contribution in [2.24, 2.45) is 0 Å². The fraction of sp³-hybridized carbons (Fsp3) is 0.0612. The van der Waals surface area contributed by atoms with Crippen molar-refractivity contribution in [3.63, 3.8) is 0 Å². The van der Waals surface area contributed by atoms with Gasteiger partial charge in [0.1, 0.15) is 5.82 Å². The van der Waals surface area contributed by atoms with Crippen molar-refractivity contribution in [2.75, 3.05) is 4.90 Å². The molecule has 0 unspecified atom stereocenters. The fourth-order valence-corrected chi connectivity index (χ4v) is 8.37. The number of halogens is 1. The van der Waals surface area contributed by atoms with E-state index in [0.29, 0.717) is 11.3 Å². The summed E-state index contributed by atoms with van der Waals surface area (Å²) in [5.74, 6) is -0.291. The number of fused-ring (bicyclic) bond motifs is 3. The molecule has 1 heterocycles. The van der Waals surface area contributed by atoms with Gasteiger partial charge in [0.15, 0.2) is 0 Å². The SMILES string of the molecule is [2H]/C(=C(/[2H])c1ccc2c3c1ccc1cccc(c13)n2-c1ccccc1)c1ccc2c(c1)C(C)(C)c1cc(N(c3ccccc3)c3ccccc3F)ccc1-2. The Bertz CT molecular complexity index is 2940. The van der Waals surface area contributed by atoms with Crippen molar-refractivity contribution in [3.05, 3.63) is 192 Å². The molecule has 1 aliphatic rings. The van der Waals surface area contributed by atoms with Gasteiger partial charge >= 0.3 is 0 Å². The number of rotatable bonds is 6. The summed E-state index contributed by atoms with van der Waals surface area (Å²) < 4.78 is 36.5. The molecule has 0 N–H and O–H groups in total. The zero-order valence-electron chi connectivity index (χ0n) is 30.9. The number of hydrogen-bond donors (Lipinski definition) is 0. The molecule has 1 aromatic heterocycles. The summed E-state index contributed by atoms with van der Waals surface area (Å²) in [6.07, 6.45) is 0. The molecule has 0 amide bonds. The van der Waals surface area contributed by atoms with Crippen LogP contribution in [0.3, 0.4) is 0 Å². The van der Waals surface area contributed by atoms with Crippen molar-refractivity contribution in [3.8, 4) is 16.8 Å². The highest BCUT2D eigenvalue weighted by Gasteiger charge is 2.36. The van der Waals surface area contributed by atoms with E-state index in [9.17, 15) is 2.74 Å². The normalized spacial score (nSPS) is 14.3. The van der Waals surface area contributed by atoms with Crippen LogP contribution in [0.2, 0.25) is 0 Å². The van der Waals surface area contributed by atoms with Gasteiger partial charge < -0.3 is 9.47 Å². The number of anilines is 3. The summed E-state index contributed by atoms with van der Waals surface area (Å²) in [4.78, 5) is 1.97. The lowest BCUT2D eigenvalue weighted by Crippen LogP contribution is -2.17. The number of para-hydroxylation sites is 3. The Morgan fingerprint density at radius 1 is 0.596 bits per heavy atom. The smallest absolute Gasteiger partial charge is 0.147 e. The van der Waals surface area contributed by atoms with E-state index >= 15 is 4.39 Å². The van der Waals surface area contributed by atoms with Crippen molar-refractivity contribution in [1.29, 1.82) is 0 Å². The zero-order chi connectivity index (χ0) is 36.7.